The number of nitrogens with zero attached hydrogens (tertiary/aromatic N) is 5. The number of nitriles is 1. The molecule has 33 heavy (non-hydrogen) atoms. The van der Waals surface area contributed by atoms with Crippen LogP contribution >= 0.6 is 0 Å². The van der Waals surface area contributed by atoms with E-state index in [1.54, 1.807) is 41.8 Å². The molecule has 174 valence electrons. The number of carbonyl (C=O) groups is 1. The minimum Gasteiger partial charge on any atom is -0.444 e. The van der Waals surface area contributed by atoms with E-state index in [0.717, 1.165) is 5.39 Å². The smallest absolute Gasteiger partial charge is 0.410 e. The molecule has 1 aromatic carbocycles. The summed E-state index contributed by atoms with van der Waals surface area (Å²) < 4.78 is 8.89. The molecule has 1 saturated heterocycles. The monoisotopic (exact) mass is 451 g/mol. The maximum atomic E-state index is 13.3. The van der Waals surface area contributed by atoms with E-state index in [9.17, 15) is 20.0 Å². The first-order chi connectivity index (χ1) is 15.5. The van der Waals surface area contributed by atoms with E-state index in [1.807, 2.05) is 25.5 Å². The molecule has 0 spiro atoms. The van der Waals surface area contributed by atoms with Crippen molar-refractivity contribution in [1.29, 1.82) is 5.26 Å². The number of hydrogen-bond acceptors (Lipinski definition) is 6. The fraction of sp³-hybridized carbons (Fsp3) is 0.500. The Kier molecular flexibility index (Phi) is 5.66. The van der Waals surface area contributed by atoms with Crippen molar-refractivity contribution in [1.82, 2.24) is 19.2 Å². The number of aliphatic hydroxyl groups is 1. The number of hydrogen-bond donors (Lipinski definition) is 1. The van der Waals surface area contributed by atoms with Crippen molar-refractivity contribution in [3.05, 3.63) is 39.8 Å². The molecule has 9 nitrogen and oxygen atoms in total. The maximum absolute atomic E-state index is 13.3. The van der Waals surface area contributed by atoms with Crippen molar-refractivity contribution in [2.24, 2.45) is 7.05 Å². The number of aromatic nitrogens is 3. The summed E-state index contributed by atoms with van der Waals surface area (Å²) in [6.45, 7) is 8.23. The van der Waals surface area contributed by atoms with Crippen LogP contribution in [-0.4, -0.2) is 49.1 Å². The molecule has 3 aromatic rings. The second kappa shape index (κ2) is 8.19. The average molecular weight is 452 g/mol. The zero-order chi connectivity index (χ0) is 24.1. The highest BCUT2D eigenvalue weighted by atomic mass is 16.6. The van der Waals surface area contributed by atoms with Crippen molar-refractivity contribution >= 4 is 27.9 Å². The van der Waals surface area contributed by atoms with Gasteiger partial charge in [-0.3, -0.25) is 9.36 Å². The van der Waals surface area contributed by atoms with Crippen LogP contribution in [0.15, 0.2) is 23.1 Å². The highest BCUT2D eigenvalue weighted by Gasteiger charge is 2.29. The van der Waals surface area contributed by atoms with Crippen LogP contribution in [0.4, 0.5) is 4.79 Å². The topological polar surface area (TPSA) is 113 Å². The zero-order valence-corrected chi connectivity index (χ0v) is 19.6. The summed E-state index contributed by atoms with van der Waals surface area (Å²) in [4.78, 5) is 27.4. The van der Waals surface area contributed by atoms with Gasteiger partial charge in [0.25, 0.3) is 5.56 Å². The Morgan fingerprint density at radius 2 is 1.94 bits per heavy atom. The lowest BCUT2D eigenvalue weighted by molar-refractivity contribution is 0.0186. The van der Waals surface area contributed by atoms with E-state index in [2.05, 4.69) is 11.2 Å². The number of aliphatic hydroxyl groups excluding tert-OH is 1. The van der Waals surface area contributed by atoms with Crippen molar-refractivity contribution in [3.63, 3.8) is 0 Å². The highest BCUT2D eigenvalue weighted by molar-refractivity contribution is 6.07. The normalized spacial score (nSPS) is 16.2. The molecule has 9 heteroatoms. The third-order valence-electron chi connectivity index (χ3n) is 6.10. The molecule has 3 heterocycles. The van der Waals surface area contributed by atoms with Gasteiger partial charge in [-0.05, 0) is 58.2 Å². The number of pyridine rings is 1. The molecule has 4 rings (SSSR count). The molecule has 1 unspecified atom stereocenters. The Morgan fingerprint density at radius 3 is 2.52 bits per heavy atom. The van der Waals surface area contributed by atoms with Crippen molar-refractivity contribution in [2.75, 3.05) is 13.1 Å². The molecule has 1 fully saturated rings. The number of rotatable bonds is 2. The summed E-state index contributed by atoms with van der Waals surface area (Å²) in [5, 5.41) is 26.1. The van der Waals surface area contributed by atoms with Crippen molar-refractivity contribution in [3.8, 4) is 6.07 Å². The van der Waals surface area contributed by atoms with Crippen LogP contribution in [0.3, 0.4) is 0 Å². The molecule has 1 aliphatic heterocycles. The zero-order valence-electron chi connectivity index (χ0n) is 19.6. The minimum absolute atomic E-state index is 0.0117. The number of benzene rings is 1. The lowest BCUT2D eigenvalue weighted by Gasteiger charge is -2.33. The Bertz CT molecular complexity index is 1330. The van der Waals surface area contributed by atoms with Gasteiger partial charge in [-0.15, -0.1) is 0 Å². The minimum atomic E-state index is -0.850. The molecular formula is C24H29N5O4. The number of amides is 1. The number of aryl methyl sites for hydroxylation is 1. The van der Waals surface area contributed by atoms with Gasteiger partial charge in [0.2, 0.25) is 0 Å². The first-order valence-corrected chi connectivity index (χ1v) is 11.1. The number of carbonyl (C=O) groups excluding carboxylic acids is 1. The van der Waals surface area contributed by atoms with Crippen LogP contribution in [0.2, 0.25) is 0 Å². The number of ether oxygens (including phenoxy) is 1. The van der Waals surface area contributed by atoms with Gasteiger partial charge in [-0.2, -0.15) is 10.4 Å². The van der Waals surface area contributed by atoms with Gasteiger partial charge < -0.3 is 14.7 Å². The van der Waals surface area contributed by atoms with Crippen LogP contribution in [0, 0.1) is 11.3 Å². The van der Waals surface area contributed by atoms with Crippen LogP contribution in [0.25, 0.3) is 21.8 Å². The summed E-state index contributed by atoms with van der Waals surface area (Å²) in [6, 6.07) is 5.28. The third-order valence-corrected chi connectivity index (χ3v) is 6.10. The molecule has 1 N–H and O–H groups in total. The molecular weight excluding hydrogens is 422 g/mol. The predicted molar refractivity (Wildman–Crippen MR) is 124 cm³/mol. The maximum Gasteiger partial charge on any atom is 0.410 e. The number of likely N-dealkylation sites (tertiary alicyclic amines) is 1. The molecule has 0 radical (unpaired) electrons. The quantitative estimate of drug-likeness (QED) is 0.639. The second-order valence-corrected chi connectivity index (χ2v) is 9.66. The summed E-state index contributed by atoms with van der Waals surface area (Å²) in [6.07, 6.45) is 1.91. The van der Waals surface area contributed by atoms with E-state index < -0.39 is 11.7 Å². The fourth-order valence-corrected chi connectivity index (χ4v) is 4.56. The SMILES string of the molecule is CC(O)c1cc(C#N)cc2c(=O)n(C)c3c(cnn3C3CCN(C(=O)OC(C)(C)C)CC3)c12. The van der Waals surface area contributed by atoms with E-state index in [0.29, 0.717) is 53.5 Å². The van der Waals surface area contributed by atoms with Crippen LogP contribution < -0.4 is 5.56 Å². The standard InChI is InChI=1S/C24H29N5O4/c1-14(30)17-10-15(12-25)11-18-20(17)19-13-26-29(21(19)27(5)22(18)31)16-6-8-28(9-7-16)23(32)33-24(2,3)4/h10-11,13-14,16,30H,6-9H2,1-5H3. The fourth-order valence-electron chi connectivity index (χ4n) is 4.56. The van der Waals surface area contributed by atoms with Gasteiger partial charge in [0.15, 0.2) is 0 Å². The molecule has 0 aliphatic carbocycles. The molecule has 1 atom stereocenters. The second-order valence-electron chi connectivity index (χ2n) is 9.66. The Morgan fingerprint density at radius 1 is 1.27 bits per heavy atom. The van der Waals surface area contributed by atoms with E-state index in [4.69, 9.17) is 4.74 Å². The van der Waals surface area contributed by atoms with E-state index in [-0.39, 0.29) is 17.7 Å². The van der Waals surface area contributed by atoms with Gasteiger partial charge in [-0.1, -0.05) is 0 Å². The molecule has 0 bridgehead atoms. The summed E-state index contributed by atoms with van der Waals surface area (Å²) in [5.74, 6) is 0. The van der Waals surface area contributed by atoms with Crippen LogP contribution in [0.1, 0.15) is 63.8 Å². The summed E-state index contributed by atoms with van der Waals surface area (Å²) in [7, 11) is 1.69. The van der Waals surface area contributed by atoms with Gasteiger partial charge in [-0.25, -0.2) is 9.48 Å². The van der Waals surface area contributed by atoms with Gasteiger partial charge >= 0.3 is 6.09 Å². The summed E-state index contributed by atoms with van der Waals surface area (Å²) in [5.41, 5.74) is 0.736. The van der Waals surface area contributed by atoms with Gasteiger partial charge in [0.05, 0.1) is 30.0 Å². The Balaban J connectivity index is 1.75. The largest absolute Gasteiger partial charge is 0.444 e. The first kappa shape index (κ1) is 22.8. The third kappa shape index (κ3) is 4.07. The summed E-state index contributed by atoms with van der Waals surface area (Å²) >= 11 is 0. The van der Waals surface area contributed by atoms with Gasteiger partial charge in [0, 0.05) is 36.3 Å². The van der Waals surface area contributed by atoms with Crippen molar-refractivity contribution < 1.29 is 14.6 Å². The lowest BCUT2D eigenvalue weighted by atomic mass is 9.97. The number of piperidine rings is 1. The van der Waals surface area contributed by atoms with E-state index in [1.165, 1.54) is 0 Å². The Hall–Kier alpha value is -3.38. The Labute approximate surface area is 191 Å². The molecule has 1 amide bonds. The average Bonchev–Trinajstić information content (AvgIpc) is 3.20. The molecule has 2 aromatic heterocycles. The first-order valence-electron chi connectivity index (χ1n) is 11.1. The van der Waals surface area contributed by atoms with Crippen LogP contribution in [-0.2, 0) is 11.8 Å². The van der Waals surface area contributed by atoms with Gasteiger partial charge in [0.1, 0.15) is 11.2 Å². The van der Waals surface area contributed by atoms with E-state index >= 15 is 0 Å². The molecule has 1 aliphatic rings. The number of fused-ring (bicyclic) bond motifs is 3. The molecule has 0 saturated carbocycles. The van der Waals surface area contributed by atoms with Crippen molar-refractivity contribution in [2.45, 2.75) is 58.3 Å². The predicted octanol–water partition coefficient (Wildman–Crippen LogP) is 3.39. The lowest BCUT2D eigenvalue weighted by Crippen LogP contribution is -2.42. The highest BCUT2D eigenvalue weighted by Crippen LogP contribution is 2.33. The van der Waals surface area contributed by atoms with Crippen LogP contribution in [0.5, 0.6) is 0 Å².